The standard InChI is InChI=1S/C22H25N5O4S/c1-3-27(22(28)23-2)18-9-10-21-20(13-18)25(11-12-31-21)14-17-15-26(16-24-17)32(29,30)19-7-5-4-6-8-19/h4-10,13,15-16H,3,11-12,14H2,1-2H3,(H,23,28). The molecule has 1 aliphatic heterocycles. The lowest BCUT2D eigenvalue weighted by atomic mass is 10.2. The SMILES string of the molecule is CCN(C(=O)NC)c1ccc2c(c1)N(Cc1cn(S(=O)(=O)c3ccccc3)cn1)CCO2. The van der Waals surface area contributed by atoms with Crippen molar-refractivity contribution in [3.63, 3.8) is 0 Å². The van der Waals surface area contributed by atoms with Gasteiger partial charge in [0.1, 0.15) is 18.7 Å². The van der Waals surface area contributed by atoms with E-state index in [4.69, 9.17) is 4.74 Å². The predicted molar refractivity (Wildman–Crippen MR) is 122 cm³/mol. The van der Waals surface area contributed by atoms with Crippen molar-refractivity contribution in [2.75, 3.05) is 36.5 Å². The molecule has 32 heavy (non-hydrogen) atoms. The van der Waals surface area contributed by atoms with Gasteiger partial charge in [0.2, 0.25) is 0 Å². The normalized spacial score (nSPS) is 13.2. The Kier molecular flexibility index (Phi) is 6.04. The minimum atomic E-state index is -3.69. The van der Waals surface area contributed by atoms with Crippen molar-refractivity contribution in [3.8, 4) is 5.75 Å². The zero-order chi connectivity index (χ0) is 22.7. The van der Waals surface area contributed by atoms with Crippen LogP contribution in [0.25, 0.3) is 0 Å². The maximum atomic E-state index is 12.8. The molecule has 9 nitrogen and oxygen atoms in total. The number of fused-ring (bicyclic) bond motifs is 1. The van der Waals surface area contributed by atoms with Crippen molar-refractivity contribution < 1.29 is 17.9 Å². The first-order valence-electron chi connectivity index (χ1n) is 10.3. The number of carbonyl (C=O) groups is 1. The molecule has 0 radical (unpaired) electrons. The number of hydrogen-bond acceptors (Lipinski definition) is 6. The van der Waals surface area contributed by atoms with Crippen LogP contribution in [0.1, 0.15) is 12.6 Å². The van der Waals surface area contributed by atoms with Gasteiger partial charge >= 0.3 is 6.03 Å². The van der Waals surface area contributed by atoms with E-state index in [-0.39, 0.29) is 10.9 Å². The van der Waals surface area contributed by atoms with E-state index in [2.05, 4.69) is 15.2 Å². The summed E-state index contributed by atoms with van der Waals surface area (Å²) in [6, 6.07) is 13.7. The average molecular weight is 456 g/mol. The largest absolute Gasteiger partial charge is 0.490 e. The third kappa shape index (κ3) is 4.13. The highest BCUT2D eigenvalue weighted by Crippen LogP contribution is 2.36. The van der Waals surface area contributed by atoms with Crippen LogP contribution in [0.15, 0.2) is 66.0 Å². The van der Waals surface area contributed by atoms with E-state index in [1.165, 1.54) is 12.5 Å². The minimum absolute atomic E-state index is 0.194. The molecule has 1 aliphatic rings. The van der Waals surface area contributed by atoms with Crippen LogP contribution in [-0.2, 0) is 16.6 Å². The number of benzene rings is 2. The Balaban J connectivity index is 1.60. The summed E-state index contributed by atoms with van der Waals surface area (Å²) in [7, 11) is -2.10. The van der Waals surface area contributed by atoms with Gasteiger partial charge in [-0.25, -0.2) is 22.2 Å². The number of nitrogens with zero attached hydrogens (tertiary/aromatic N) is 4. The summed E-state index contributed by atoms with van der Waals surface area (Å²) < 4.78 is 32.6. The number of amides is 2. The van der Waals surface area contributed by atoms with Crippen molar-refractivity contribution >= 4 is 27.4 Å². The molecule has 0 aliphatic carbocycles. The number of hydrogen-bond donors (Lipinski definition) is 1. The van der Waals surface area contributed by atoms with Crippen LogP contribution < -0.4 is 19.9 Å². The van der Waals surface area contributed by atoms with E-state index in [1.54, 1.807) is 42.3 Å². The van der Waals surface area contributed by atoms with Gasteiger partial charge in [-0.2, -0.15) is 0 Å². The molecule has 3 aromatic rings. The molecule has 0 saturated carbocycles. The van der Waals surface area contributed by atoms with Crippen LogP contribution in [0.4, 0.5) is 16.2 Å². The quantitative estimate of drug-likeness (QED) is 0.614. The number of anilines is 2. The number of carbonyl (C=O) groups excluding carboxylic acids is 1. The first kappa shape index (κ1) is 21.7. The summed E-state index contributed by atoms with van der Waals surface area (Å²) >= 11 is 0. The molecule has 10 heteroatoms. The zero-order valence-corrected chi connectivity index (χ0v) is 18.7. The topological polar surface area (TPSA) is 96.8 Å². The fourth-order valence-corrected chi connectivity index (χ4v) is 4.82. The molecule has 0 spiro atoms. The molecule has 0 saturated heterocycles. The highest BCUT2D eigenvalue weighted by atomic mass is 32.2. The lowest BCUT2D eigenvalue weighted by Gasteiger charge is -2.32. The minimum Gasteiger partial charge on any atom is -0.490 e. The molecule has 168 valence electrons. The van der Waals surface area contributed by atoms with Gasteiger partial charge in [0.15, 0.2) is 0 Å². The summed E-state index contributed by atoms with van der Waals surface area (Å²) in [6.07, 6.45) is 2.85. The third-order valence-electron chi connectivity index (χ3n) is 5.27. The van der Waals surface area contributed by atoms with Gasteiger partial charge in [-0.3, -0.25) is 4.90 Å². The molecule has 2 aromatic carbocycles. The molecule has 1 aromatic heterocycles. The van der Waals surface area contributed by atoms with Gasteiger partial charge in [0, 0.05) is 25.5 Å². The second kappa shape index (κ2) is 8.91. The van der Waals surface area contributed by atoms with Gasteiger partial charge in [-0.15, -0.1) is 0 Å². The van der Waals surface area contributed by atoms with E-state index < -0.39 is 10.0 Å². The maximum absolute atomic E-state index is 12.8. The monoisotopic (exact) mass is 455 g/mol. The zero-order valence-electron chi connectivity index (χ0n) is 17.9. The molecular weight excluding hydrogens is 430 g/mol. The predicted octanol–water partition coefficient (Wildman–Crippen LogP) is 2.68. The highest BCUT2D eigenvalue weighted by Gasteiger charge is 2.23. The van der Waals surface area contributed by atoms with E-state index in [9.17, 15) is 13.2 Å². The fourth-order valence-electron chi connectivity index (χ4n) is 3.64. The Labute approximate surface area is 187 Å². The Hall–Kier alpha value is -3.53. The Morgan fingerprint density at radius 3 is 2.72 bits per heavy atom. The Morgan fingerprint density at radius 1 is 1.22 bits per heavy atom. The van der Waals surface area contributed by atoms with Crippen molar-refractivity contribution in [1.82, 2.24) is 14.3 Å². The van der Waals surface area contributed by atoms with Gasteiger partial charge in [-0.1, -0.05) is 18.2 Å². The lowest BCUT2D eigenvalue weighted by Crippen LogP contribution is -2.38. The highest BCUT2D eigenvalue weighted by molar-refractivity contribution is 7.90. The van der Waals surface area contributed by atoms with Crippen molar-refractivity contribution in [3.05, 3.63) is 66.7 Å². The van der Waals surface area contributed by atoms with Crippen molar-refractivity contribution in [2.45, 2.75) is 18.4 Å². The molecular formula is C22H25N5O4S. The summed E-state index contributed by atoms with van der Waals surface area (Å²) in [6.45, 7) is 3.94. The molecule has 0 unspecified atom stereocenters. The lowest BCUT2D eigenvalue weighted by molar-refractivity contribution is 0.248. The summed E-state index contributed by atoms with van der Waals surface area (Å²) in [4.78, 5) is 20.4. The van der Waals surface area contributed by atoms with Crippen LogP contribution in [0, 0.1) is 0 Å². The number of urea groups is 1. The van der Waals surface area contributed by atoms with E-state index in [0.717, 1.165) is 15.3 Å². The van der Waals surface area contributed by atoms with E-state index >= 15 is 0 Å². The van der Waals surface area contributed by atoms with Crippen LogP contribution in [0.5, 0.6) is 5.75 Å². The van der Waals surface area contributed by atoms with Crippen LogP contribution in [0.2, 0.25) is 0 Å². The summed E-state index contributed by atoms with van der Waals surface area (Å²) in [5, 5.41) is 2.65. The molecule has 0 fully saturated rings. The molecule has 4 rings (SSSR count). The second-order valence-electron chi connectivity index (χ2n) is 7.23. The first-order valence-corrected chi connectivity index (χ1v) is 11.7. The van der Waals surface area contributed by atoms with Crippen LogP contribution in [-0.4, -0.2) is 50.1 Å². The van der Waals surface area contributed by atoms with Crippen molar-refractivity contribution in [2.24, 2.45) is 0 Å². The van der Waals surface area contributed by atoms with Crippen LogP contribution in [0.3, 0.4) is 0 Å². The molecule has 2 heterocycles. The molecule has 2 amide bonds. The van der Waals surface area contributed by atoms with Crippen molar-refractivity contribution in [1.29, 1.82) is 0 Å². The molecule has 0 bridgehead atoms. The van der Waals surface area contributed by atoms with Gasteiger partial charge in [0.25, 0.3) is 10.0 Å². The number of ether oxygens (including phenoxy) is 1. The first-order chi connectivity index (χ1) is 15.4. The molecule has 0 atom stereocenters. The maximum Gasteiger partial charge on any atom is 0.321 e. The third-order valence-corrected chi connectivity index (χ3v) is 6.90. The number of nitrogens with one attached hydrogen (secondary N) is 1. The smallest absolute Gasteiger partial charge is 0.321 e. The number of imidazole rings is 1. The second-order valence-corrected chi connectivity index (χ2v) is 9.08. The Bertz CT molecular complexity index is 1210. The summed E-state index contributed by atoms with van der Waals surface area (Å²) in [5.41, 5.74) is 2.19. The number of aromatic nitrogens is 2. The van der Waals surface area contributed by atoms with Gasteiger partial charge < -0.3 is 15.0 Å². The fraction of sp³-hybridized carbons (Fsp3) is 0.273. The van der Waals surface area contributed by atoms with Gasteiger partial charge in [-0.05, 0) is 37.3 Å². The number of rotatable bonds is 6. The Morgan fingerprint density at radius 2 is 2.00 bits per heavy atom. The summed E-state index contributed by atoms with van der Waals surface area (Å²) in [5.74, 6) is 0.712. The van der Waals surface area contributed by atoms with Crippen LogP contribution >= 0.6 is 0 Å². The van der Waals surface area contributed by atoms with E-state index in [0.29, 0.717) is 37.7 Å². The molecule has 1 N–H and O–H groups in total. The average Bonchev–Trinajstić information content (AvgIpc) is 3.30. The van der Waals surface area contributed by atoms with Gasteiger partial charge in [0.05, 0.1) is 29.4 Å². The van der Waals surface area contributed by atoms with E-state index in [1.807, 2.05) is 25.1 Å².